The van der Waals surface area contributed by atoms with Crippen molar-refractivity contribution in [1.82, 2.24) is 14.5 Å². The molecule has 1 radical (unpaired) electrons. The first-order valence-electron chi connectivity index (χ1n) is 4.69. The van der Waals surface area contributed by atoms with Crippen LogP contribution < -0.4 is 0 Å². The molecule has 15 heavy (non-hydrogen) atoms. The molecule has 0 aliphatic rings. The lowest BCUT2D eigenvalue weighted by atomic mass is 10.2. The third kappa shape index (κ3) is 1.29. The van der Waals surface area contributed by atoms with Gasteiger partial charge in [0.25, 0.3) is 0 Å². The lowest BCUT2D eigenvalue weighted by Crippen LogP contribution is -1.95. The molecular formula is C12H8N3. The van der Waals surface area contributed by atoms with Crippen LogP contribution in [0.1, 0.15) is 0 Å². The molecule has 3 rings (SSSR count). The Morgan fingerprint density at radius 2 is 2.20 bits per heavy atom. The molecular weight excluding hydrogens is 186 g/mol. The smallest absolute Gasteiger partial charge is 0.155 e. The van der Waals surface area contributed by atoms with Crippen LogP contribution in [0.4, 0.5) is 0 Å². The summed E-state index contributed by atoms with van der Waals surface area (Å²) in [5.74, 6) is 0.832. The SMILES string of the molecule is [c]1ccc2c(c1)ccn2-c1cnccn1. The van der Waals surface area contributed by atoms with Crippen molar-refractivity contribution in [2.75, 3.05) is 0 Å². The van der Waals surface area contributed by atoms with Crippen molar-refractivity contribution in [3.63, 3.8) is 0 Å². The van der Waals surface area contributed by atoms with Crippen molar-refractivity contribution in [3.05, 3.63) is 55.1 Å². The topological polar surface area (TPSA) is 30.7 Å². The molecule has 0 N–H and O–H groups in total. The summed E-state index contributed by atoms with van der Waals surface area (Å²) in [5, 5.41) is 1.16. The molecule has 0 fully saturated rings. The molecule has 1 aromatic carbocycles. The van der Waals surface area contributed by atoms with Crippen molar-refractivity contribution in [1.29, 1.82) is 0 Å². The normalized spacial score (nSPS) is 10.7. The van der Waals surface area contributed by atoms with Gasteiger partial charge in [-0.1, -0.05) is 6.07 Å². The average molecular weight is 194 g/mol. The van der Waals surface area contributed by atoms with Gasteiger partial charge in [0, 0.05) is 24.0 Å². The van der Waals surface area contributed by atoms with Crippen LogP contribution in [0.15, 0.2) is 49.1 Å². The minimum atomic E-state index is 0.832. The first kappa shape index (κ1) is 8.17. The van der Waals surface area contributed by atoms with Crippen molar-refractivity contribution >= 4 is 10.9 Å². The zero-order valence-electron chi connectivity index (χ0n) is 7.96. The first-order chi connectivity index (χ1) is 7.45. The number of hydrogen-bond donors (Lipinski definition) is 0. The maximum atomic E-state index is 4.26. The standard InChI is InChI=1S/C12H8N3/c1-2-4-11-10(3-1)5-8-15(11)12-9-13-6-7-14-12/h2-9H. The number of benzene rings is 1. The molecule has 0 bridgehead atoms. The van der Waals surface area contributed by atoms with Crippen LogP contribution >= 0.6 is 0 Å². The van der Waals surface area contributed by atoms with Crippen molar-refractivity contribution in [3.8, 4) is 5.82 Å². The molecule has 3 aromatic rings. The minimum Gasteiger partial charge on any atom is -0.300 e. The summed E-state index contributed by atoms with van der Waals surface area (Å²) >= 11 is 0. The summed E-state index contributed by atoms with van der Waals surface area (Å²) in [6.07, 6.45) is 7.10. The molecule has 0 aliphatic heterocycles. The molecule has 0 saturated carbocycles. The predicted molar refractivity (Wildman–Crippen MR) is 57.7 cm³/mol. The minimum absolute atomic E-state index is 0.832. The van der Waals surface area contributed by atoms with Gasteiger partial charge in [-0.2, -0.15) is 0 Å². The Morgan fingerprint density at radius 1 is 1.20 bits per heavy atom. The van der Waals surface area contributed by atoms with Crippen LogP contribution in [0.2, 0.25) is 0 Å². The Morgan fingerprint density at radius 3 is 3.07 bits per heavy atom. The van der Waals surface area contributed by atoms with Gasteiger partial charge in [-0.25, -0.2) is 4.98 Å². The highest BCUT2D eigenvalue weighted by Gasteiger charge is 2.02. The van der Waals surface area contributed by atoms with Crippen LogP contribution in [-0.4, -0.2) is 14.5 Å². The molecule has 0 saturated heterocycles. The fourth-order valence-corrected chi connectivity index (χ4v) is 1.64. The molecule has 0 unspecified atom stereocenters. The van der Waals surface area contributed by atoms with Crippen molar-refractivity contribution in [2.24, 2.45) is 0 Å². The zero-order valence-corrected chi connectivity index (χ0v) is 7.96. The fourth-order valence-electron chi connectivity index (χ4n) is 1.64. The lowest BCUT2D eigenvalue weighted by Gasteiger charge is -2.02. The highest BCUT2D eigenvalue weighted by Crippen LogP contribution is 2.17. The molecule has 2 aromatic heterocycles. The van der Waals surface area contributed by atoms with Gasteiger partial charge in [0.15, 0.2) is 5.82 Å². The van der Waals surface area contributed by atoms with Gasteiger partial charge in [0.05, 0.1) is 11.7 Å². The monoisotopic (exact) mass is 194 g/mol. The van der Waals surface area contributed by atoms with E-state index in [2.05, 4.69) is 16.0 Å². The Bertz CT molecular complexity index is 584. The van der Waals surface area contributed by atoms with Crippen molar-refractivity contribution in [2.45, 2.75) is 0 Å². The first-order valence-corrected chi connectivity index (χ1v) is 4.69. The quantitative estimate of drug-likeness (QED) is 0.594. The van der Waals surface area contributed by atoms with Crippen LogP contribution in [-0.2, 0) is 0 Å². The third-order valence-corrected chi connectivity index (χ3v) is 2.33. The van der Waals surface area contributed by atoms with Gasteiger partial charge in [-0.3, -0.25) is 9.55 Å². The molecule has 71 valence electrons. The Balaban J connectivity index is 2.28. The van der Waals surface area contributed by atoms with Gasteiger partial charge < -0.3 is 0 Å². The van der Waals surface area contributed by atoms with Crippen LogP contribution in [0.5, 0.6) is 0 Å². The number of aromatic nitrogens is 3. The Hall–Kier alpha value is -2.16. The molecule has 3 heteroatoms. The third-order valence-electron chi connectivity index (χ3n) is 2.33. The van der Waals surface area contributed by atoms with Gasteiger partial charge >= 0.3 is 0 Å². The number of fused-ring (bicyclic) bond motifs is 1. The van der Waals surface area contributed by atoms with Crippen LogP contribution in [0, 0.1) is 6.07 Å². The summed E-state index contributed by atoms with van der Waals surface area (Å²) in [6.45, 7) is 0. The van der Waals surface area contributed by atoms with Gasteiger partial charge in [-0.15, -0.1) is 0 Å². The van der Waals surface area contributed by atoms with Crippen molar-refractivity contribution < 1.29 is 0 Å². The van der Waals surface area contributed by atoms with E-state index in [0.717, 1.165) is 16.7 Å². The van der Waals surface area contributed by atoms with Gasteiger partial charge in [0.2, 0.25) is 0 Å². The summed E-state index contributed by atoms with van der Waals surface area (Å²) < 4.78 is 2.01. The van der Waals surface area contributed by atoms with E-state index in [9.17, 15) is 0 Å². The van der Waals surface area contributed by atoms with Crippen LogP contribution in [0.3, 0.4) is 0 Å². The van der Waals surface area contributed by atoms with E-state index < -0.39 is 0 Å². The second-order valence-corrected chi connectivity index (χ2v) is 3.23. The molecule has 0 spiro atoms. The molecule has 0 atom stereocenters. The van der Waals surface area contributed by atoms with E-state index in [-0.39, 0.29) is 0 Å². The number of nitrogens with zero attached hydrogens (tertiary/aromatic N) is 3. The van der Waals surface area contributed by atoms with E-state index in [1.807, 2.05) is 35.0 Å². The summed E-state index contributed by atoms with van der Waals surface area (Å²) in [4.78, 5) is 8.32. The maximum Gasteiger partial charge on any atom is 0.155 e. The number of rotatable bonds is 1. The summed E-state index contributed by atoms with van der Waals surface area (Å²) in [5.41, 5.74) is 1.12. The molecule has 0 aliphatic carbocycles. The van der Waals surface area contributed by atoms with E-state index in [1.165, 1.54) is 0 Å². The Labute approximate surface area is 87.0 Å². The molecule has 0 amide bonds. The van der Waals surface area contributed by atoms with E-state index in [1.54, 1.807) is 18.6 Å². The highest BCUT2D eigenvalue weighted by molar-refractivity contribution is 5.81. The van der Waals surface area contributed by atoms with E-state index in [4.69, 9.17) is 0 Å². The molecule has 3 nitrogen and oxygen atoms in total. The highest BCUT2D eigenvalue weighted by atomic mass is 15.1. The summed E-state index contributed by atoms with van der Waals surface area (Å²) in [6, 6.07) is 11.0. The van der Waals surface area contributed by atoms with E-state index in [0.29, 0.717) is 0 Å². The second-order valence-electron chi connectivity index (χ2n) is 3.23. The van der Waals surface area contributed by atoms with Gasteiger partial charge in [-0.05, 0) is 24.3 Å². The fraction of sp³-hybridized carbons (Fsp3) is 0. The lowest BCUT2D eigenvalue weighted by molar-refractivity contribution is 1.01. The van der Waals surface area contributed by atoms with Crippen LogP contribution in [0.25, 0.3) is 16.7 Å². The molecule has 2 heterocycles. The predicted octanol–water partition coefficient (Wildman–Crippen LogP) is 2.22. The second kappa shape index (κ2) is 3.20. The van der Waals surface area contributed by atoms with E-state index >= 15 is 0 Å². The van der Waals surface area contributed by atoms with Gasteiger partial charge in [0.1, 0.15) is 0 Å². The zero-order chi connectivity index (χ0) is 10.1. The number of hydrogen-bond acceptors (Lipinski definition) is 2. The maximum absolute atomic E-state index is 4.26. The average Bonchev–Trinajstić information content (AvgIpc) is 2.74. The largest absolute Gasteiger partial charge is 0.300 e. The summed E-state index contributed by atoms with van der Waals surface area (Å²) in [7, 11) is 0. The Kier molecular flexibility index (Phi) is 1.75.